The van der Waals surface area contributed by atoms with Crippen LogP contribution in [0, 0.1) is 0 Å². The van der Waals surface area contributed by atoms with Crippen LogP contribution >= 0.6 is 11.8 Å². The molecule has 0 unspecified atom stereocenters. The van der Waals surface area contributed by atoms with E-state index in [9.17, 15) is 4.79 Å². The minimum absolute atomic E-state index is 0.101. The third-order valence-electron chi connectivity index (χ3n) is 5.48. The summed E-state index contributed by atoms with van der Waals surface area (Å²) in [6, 6.07) is 7.83. The number of ether oxygens (including phenoxy) is 1. The fourth-order valence-electron chi connectivity index (χ4n) is 4.10. The number of amides is 1. The molecule has 1 saturated heterocycles. The Hall–Kier alpha value is -1.79. The standard InChI is InChI=1S/C20H25N3O2S/c1-26-19-21-11-12-23(19)17-7-5-16(6-8-17)18(24)22-13-14-25-20(15-22)9-3-2-4-10-20/h5-8,11-12H,2-4,9-10,13-15H2,1H3. The lowest BCUT2D eigenvalue weighted by molar-refractivity contribution is -0.117. The van der Waals surface area contributed by atoms with E-state index in [-0.39, 0.29) is 11.5 Å². The van der Waals surface area contributed by atoms with Crippen LogP contribution in [0.1, 0.15) is 42.5 Å². The first-order valence-electron chi connectivity index (χ1n) is 9.32. The molecule has 2 heterocycles. The number of benzene rings is 1. The molecule has 6 heteroatoms. The maximum atomic E-state index is 13.0. The van der Waals surface area contributed by atoms with E-state index in [2.05, 4.69) is 4.98 Å². The highest BCUT2D eigenvalue weighted by Crippen LogP contribution is 2.34. The monoisotopic (exact) mass is 371 g/mol. The predicted octanol–water partition coefficient (Wildman–Crippen LogP) is 3.77. The van der Waals surface area contributed by atoms with Crippen LogP contribution in [-0.4, -0.2) is 51.9 Å². The minimum Gasteiger partial charge on any atom is -0.371 e. The highest BCUT2D eigenvalue weighted by molar-refractivity contribution is 7.98. The van der Waals surface area contributed by atoms with Crippen molar-refractivity contribution < 1.29 is 9.53 Å². The van der Waals surface area contributed by atoms with Crippen LogP contribution in [0.4, 0.5) is 0 Å². The second kappa shape index (κ2) is 7.45. The van der Waals surface area contributed by atoms with Gasteiger partial charge in [-0.3, -0.25) is 9.36 Å². The zero-order chi connectivity index (χ0) is 18.0. The molecule has 1 aromatic heterocycles. The Morgan fingerprint density at radius 2 is 1.96 bits per heavy atom. The average molecular weight is 372 g/mol. The molecule has 138 valence electrons. The summed E-state index contributed by atoms with van der Waals surface area (Å²) < 4.78 is 8.14. The number of carbonyl (C=O) groups is 1. The van der Waals surface area contributed by atoms with Crippen molar-refractivity contribution in [3.05, 3.63) is 42.2 Å². The van der Waals surface area contributed by atoms with Crippen LogP contribution in [0.3, 0.4) is 0 Å². The van der Waals surface area contributed by atoms with E-state index in [0.717, 1.165) is 35.8 Å². The number of imidazole rings is 1. The first kappa shape index (κ1) is 17.6. The van der Waals surface area contributed by atoms with Crippen molar-refractivity contribution >= 4 is 17.7 Å². The quantitative estimate of drug-likeness (QED) is 0.771. The van der Waals surface area contributed by atoms with Gasteiger partial charge in [-0.1, -0.05) is 31.0 Å². The molecule has 4 rings (SSSR count). The van der Waals surface area contributed by atoms with Crippen LogP contribution in [0.15, 0.2) is 41.8 Å². The van der Waals surface area contributed by atoms with Gasteiger partial charge in [-0.2, -0.15) is 0 Å². The van der Waals surface area contributed by atoms with Crippen molar-refractivity contribution in [2.45, 2.75) is 42.9 Å². The first-order chi connectivity index (χ1) is 12.7. The number of aromatic nitrogens is 2. The van der Waals surface area contributed by atoms with Gasteiger partial charge in [-0.25, -0.2) is 4.98 Å². The molecule has 1 aromatic carbocycles. The number of hydrogen-bond donors (Lipinski definition) is 0. The largest absolute Gasteiger partial charge is 0.371 e. The van der Waals surface area contributed by atoms with Crippen molar-refractivity contribution in [2.24, 2.45) is 0 Å². The Labute approximate surface area is 158 Å². The van der Waals surface area contributed by atoms with Gasteiger partial charge in [0.1, 0.15) is 0 Å². The van der Waals surface area contributed by atoms with E-state index >= 15 is 0 Å². The van der Waals surface area contributed by atoms with Gasteiger partial charge in [-0.05, 0) is 43.4 Å². The summed E-state index contributed by atoms with van der Waals surface area (Å²) in [5.41, 5.74) is 1.66. The number of carbonyl (C=O) groups excluding carboxylic acids is 1. The summed E-state index contributed by atoms with van der Waals surface area (Å²) in [5.74, 6) is 0.112. The normalized spacial score (nSPS) is 19.7. The minimum atomic E-state index is -0.101. The third-order valence-corrected chi connectivity index (χ3v) is 6.15. The smallest absolute Gasteiger partial charge is 0.254 e. The number of morpholine rings is 1. The number of nitrogens with zero attached hydrogens (tertiary/aromatic N) is 3. The van der Waals surface area contributed by atoms with Gasteiger partial charge in [0.2, 0.25) is 0 Å². The number of thioether (sulfide) groups is 1. The molecule has 1 aliphatic carbocycles. The van der Waals surface area contributed by atoms with E-state index in [0.29, 0.717) is 13.2 Å². The highest BCUT2D eigenvalue weighted by atomic mass is 32.2. The van der Waals surface area contributed by atoms with Crippen molar-refractivity contribution in [1.29, 1.82) is 0 Å². The van der Waals surface area contributed by atoms with Crippen molar-refractivity contribution in [3.8, 4) is 5.69 Å². The lowest BCUT2D eigenvalue weighted by Gasteiger charge is -2.45. The number of hydrogen-bond acceptors (Lipinski definition) is 4. The molecule has 0 N–H and O–H groups in total. The molecule has 5 nitrogen and oxygen atoms in total. The number of rotatable bonds is 3. The van der Waals surface area contributed by atoms with Gasteiger partial charge in [0.05, 0.1) is 18.8 Å². The van der Waals surface area contributed by atoms with Crippen molar-refractivity contribution in [3.63, 3.8) is 0 Å². The molecule has 2 aliphatic rings. The zero-order valence-corrected chi connectivity index (χ0v) is 16.0. The van der Waals surface area contributed by atoms with E-state index in [1.807, 2.05) is 46.2 Å². The van der Waals surface area contributed by atoms with Crippen molar-refractivity contribution in [2.75, 3.05) is 26.0 Å². The van der Waals surface area contributed by atoms with Crippen LogP contribution in [0.2, 0.25) is 0 Å². The molecule has 1 spiro atoms. The Bertz CT molecular complexity index is 760. The van der Waals surface area contributed by atoms with E-state index in [1.54, 1.807) is 18.0 Å². The molecule has 26 heavy (non-hydrogen) atoms. The zero-order valence-electron chi connectivity index (χ0n) is 15.2. The Morgan fingerprint density at radius 1 is 1.19 bits per heavy atom. The molecule has 1 aliphatic heterocycles. The summed E-state index contributed by atoms with van der Waals surface area (Å²) in [6.07, 6.45) is 11.6. The predicted molar refractivity (Wildman–Crippen MR) is 103 cm³/mol. The van der Waals surface area contributed by atoms with E-state index in [1.165, 1.54) is 19.3 Å². The molecule has 1 amide bonds. The van der Waals surface area contributed by atoms with Gasteiger partial charge in [0.15, 0.2) is 5.16 Å². The molecular formula is C20H25N3O2S. The van der Waals surface area contributed by atoms with Gasteiger partial charge in [-0.15, -0.1) is 0 Å². The van der Waals surface area contributed by atoms with Gasteiger partial charge >= 0.3 is 0 Å². The molecule has 0 bridgehead atoms. The molecular weight excluding hydrogens is 346 g/mol. The molecule has 2 fully saturated rings. The molecule has 2 aromatic rings. The second-order valence-electron chi connectivity index (χ2n) is 7.15. The fourth-order valence-corrected chi connectivity index (χ4v) is 4.63. The second-order valence-corrected chi connectivity index (χ2v) is 7.92. The van der Waals surface area contributed by atoms with Gasteiger partial charge in [0, 0.05) is 30.2 Å². The van der Waals surface area contributed by atoms with E-state index < -0.39 is 0 Å². The Morgan fingerprint density at radius 3 is 2.69 bits per heavy atom. The van der Waals surface area contributed by atoms with E-state index in [4.69, 9.17) is 4.74 Å². The SMILES string of the molecule is CSc1nccn1-c1ccc(C(=O)N2CCOC3(CCCCC3)C2)cc1. The molecule has 0 atom stereocenters. The topological polar surface area (TPSA) is 47.4 Å². The van der Waals surface area contributed by atoms with Crippen LogP contribution < -0.4 is 0 Å². The molecule has 1 saturated carbocycles. The van der Waals surface area contributed by atoms with Crippen LogP contribution in [0.5, 0.6) is 0 Å². The lowest BCUT2D eigenvalue weighted by atomic mass is 9.83. The first-order valence-corrected chi connectivity index (χ1v) is 10.5. The Balaban J connectivity index is 1.49. The maximum absolute atomic E-state index is 13.0. The fraction of sp³-hybridized carbons (Fsp3) is 0.500. The summed E-state index contributed by atoms with van der Waals surface area (Å²) in [5, 5.41) is 0.941. The average Bonchev–Trinajstić information content (AvgIpc) is 3.17. The van der Waals surface area contributed by atoms with Crippen LogP contribution in [-0.2, 0) is 4.74 Å². The van der Waals surface area contributed by atoms with Gasteiger partial charge in [0.25, 0.3) is 5.91 Å². The lowest BCUT2D eigenvalue weighted by Crippen LogP contribution is -2.54. The van der Waals surface area contributed by atoms with Crippen molar-refractivity contribution in [1.82, 2.24) is 14.5 Å². The van der Waals surface area contributed by atoms with Crippen LogP contribution in [0.25, 0.3) is 5.69 Å². The summed E-state index contributed by atoms with van der Waals surface area (Å²) in [7, 11) is 0. The Kier molecular flexibility index (Phi) is 5.05. The highest BCUT2D eigenvalue weighted by Gasteiger charge is 2.39. The van der Waals surface area contributed by atoms with Gasteiger partial charge < -0.3 is 9.64 Å². The molecule has 0 radical (unpaired) electrons. The third kappa shape index (κ3) is 3.40. The summed E-state index contributed by atoms with van der Waals surface area (Å²) >= 11 is 1.61. The maximum Gasteiger partial charge on any atom is 0.254 e. The summed E-state index contributed by atoms with van der Waals surface area (Å²) in [4.78, 5) is 19.3. The summed E-state index contributed by atoms with van der Waals surface area (Å²) in [6.45, 7) is 2.06.